The van der Waals surface area contributed by atoms with Crippen LogP contribution in [0.2, 0.25) is 0 Å². The Bertz CT molecular complexity index is 1040. The normalized spacial score (nSPS) is 16.2. The van der Waals surface area contributed by atoms with E-state index >= 15 is 0 Å². The third-order valence-electron chi connectivity index (χ3n) is 4.42. The van der Waals surface area contributed by atoms with Gasteiger partial charge in [-0.15, -0.1) is 0 Å². The summed E-state index contributed by atoms with van der Waals surface area (Å²) in [6, 6.07) is 11.4. The molecular weight excluding hydrogens is 346 g/mol. The number of imidazole rings is 1. The van der Waals surface area contributed by atoms with Crippen molar-refractivity contribution in [1.29, 1.82) is 0 Å². The fourth-order valence-corrected chi connectivity index (χ4v) is 3.03. The van der Waals surface area contributed by atoms with E-state index in [-0.39, 0.29) is 30.6 Å². The molecule has 0 bridgehead atoms. The van der Waals surface area contributed by atoms with Crippen molar-refractivity contribution in [3.8, 4) is 0 Å². The molecule has 4 rings (SSSR count). The predicted molar refractivity (Wildman–Crippen MR) is 100 cm³/mol. The summed E-state index contributed by atoms with van der Waals surface area (Å²) in [5.41, 5.74) is 3.15. The summed E-state index contributed by atoms with van der Waals surface area (Å²) < 4.78 is 0. The average molecular weight is 363 g/mol. The summed E-state index contributed by atoms with van der Waals surface area (Å²) in [7, 11) is 0. The Balaban J connectivity index is 1.38. The first-order valence-electron chi connectivity index (χ1n) is 8.54. The summed E-state index contributed by atoms with van der Waals surface area (Å²) in [4.78, 5) is 44.0. The molecule has 0 radical (unpaired) electrons. The Morgan fingerprint density at radius 1 is 1.15 bits per heavy atom. The van der Waals surface area contributed by atoms with Gasteiger partial charge in [0.25, 0.3) is 5.91 Å². The highest BCUT2D eigenvalue weighted by Crippen LogP contribution is 2.20. The minimum Gasteiger partial charge on any atom is -0.345 e. The number of amides is 3. The number of nitrogens with one attached hydrogen (secondary N) is 4. The van der Waals surface area contributed by atoms with E-state index in [1.807, 2.05) is 0 Å². The molecule has 136 valence electrons. The number of benzene rings is 2. The van der Waals surface area contributed by atoms with E-state index in [1.54, 1.807) is 48.8 Å². The summed E-state index contributed by atoms with van der Waals surface area (Å²) >= 11 is 0. The fraction of sp³-hybridized carbons (Fsp3) is 0.158. The highest BCUT2D eigenvalue weighted by Gasteiger charge is 2.27. The molecule has 8 heteroatoms. The summed E-state index contributed by atoms with van der Waals surface area (Å²) in [6.45, 7) is 0. The van der Waals surface area contributed by atoms with Crippen molar-refractivity contribution < 1.29 is 14.4 Å². The molecule has 1 unspecified atom stereocenters. The predicted octanol–water partition coefficient (Wildman–Crippen LogP) is 2.03. The van der Waals surface area contributed by atoms with E-state index in [4.69, 9.17) is 0 Å². The molecular formula is C19H17N5O3. The third-order valence-corrected chi connectivity index (χ3v) is 4.42. The van der Waals surface area contributed by atoms with E-state index in [9.17, 15) is 14.4 Å². The maximum atomic E-state index is 12.3. The highest BCUT2D eigenvalue weighted by molar-refractivity contribution is 6.10. The molecule has 3 aromatic rings. The molecule has 2 heterocycles. The topological polar surface area (TPSA) is 116 Å². The second-order valence-corrected chi connectivity index (χ2v) is 6.28. The van der Waals surface area contributed by atoms with Crippen LogP contribution in [0.3, 0.4) is 0 Å². The lowest BCUT2D eigenvalue weighted by atomic mass is 10.1. The van der Waals surface area contributed by atoms with Crippen LogP contribution in [-0.2, 0) is 9.59 Å². The summed E-state index contributed by atoms with van der Waals surface area (Å²) in [5.74, 6) is -0.906. The largest absolute Gasteiger partial charge is 0.345 e. The van der Waals surface area contributed by atoms with Crippen LogP contribution >= 0.6 is 0 Å². The van der Waals surface area contributed by atoms with E-state index in [0.717, 1.165) is 11.0 Å². The zero-order valence-corrected chi connectivity index (χ0v) is 14.3. The lowest BCUT2D eigenvalue weighted by Crippen LogP contribution is -2.41. The number of H-pyrrole nitrogens is 1. The van der Waals surface area contributed by atoms with Crippen molar-refractivity contribution in [3.63, 3.8) is 0 Å². The second kappa shape index (κ2) is 6.91. The van der Waals surface area contributed by atoms with E-state index in [0.29, 0.717) is 16.9 Å². The maximum absolute atomic E-state index is 12.3. The number of para-hydroxylation sites is 1. The Hall–Kier alpha value is -3.68. The quantitative estimate of drug-likeness (QED) is 0.567. The number of rotatable bonds is 4. The smallest absolute Gasteiger partial charge is 0.254 e. The number of aromatic amines is 1. The zero-order valence-electron chi connectivity index (χ0n) is 14.3. The number of nitrogens with zero attached hydrogens (tertiary/aromatic N) is 1. The first kappa shape index (κ1) is 16.8. The standard InChI is InChI=1S/C19H17N5O3/c25-17(22-11-5-6-14-16(9-11)21-10-20-14)8-7-15-19(27)23-13-4-2-1-3-12(13)18(26)24-15/h1-6,9-10,15H,7-8H2,(H,20,21)(H,22,25)(H,23,27)(H,24,26). The van der Waals surface area contributed by atoms with Crippen molar-refractivity contribution in [3.05, 3.63) is 54.4 Å². The molecule has 1 aliphatic heterocycles. The van der Waals surface area contributed by atoms with Crippen molar-refractivity contribution in [2.75, 3.05) is 10.6 Å². The van der Waals surface area contributed by atoms with Crippen LogP contribution in [0.1, 0.15) is 23.2 Å². The number of carbonyl (C=O) groups excluding carboxylic acids is 3. The van der Waals surface area contributed by atoms with Gasteiger partial charge in [-0.3, -0.25) is 14.4 Å². The summed E-state index contributed by atoms with van der Waals surface area (Å²) in [5, 5.41) is 8.20. The van der Waals surface area contributed by atoms with Gasteiger partial charge in [-0.2, -0.15) is 0 Å². The van der Waals surface area contributed by atoms with Gasteiger partial charge in [0.15, 0.2) is 0 Å². The number of carbonyl (C=O) groups is 3. The van der Waals surface area contributed by atoms with Crippen LogP contribution < -0.4 is 16.0 Å². The molecule has 0 saturated heterocycles. The SMILES string of the molecule is O=C(CCC1NC(=O)c2ccccc2NC1=O)Nc1ccc2nc[nH]c2c1. The van der Waals surface area contributed by atoms with Gasteiger partial charge in [0.1, 0.15) is 6.04 Å². The number of fused-ring (bicyclic) bond motifs is 2. The fourth-order valence-electron chi connectivity index (χ4n) is 3.03. The molecule has 27 heavy (non-hydrogen) atoms. The molecule has 0 saturated carbocycles. The Morgan fingerprint density at radius 2 is 2.00 bits per heavy atom. The molecule has 0 spiro atoms. The molecule has 0 fully saturated rings. The minimum absolute atomic E-state index is 0.0930. The van der Waals surface area contributed by atoms with E-state index in [2.05, 4.69) is 25.9 Å². The minimum atomic E-state index is -0.772. The van der Waals surface area contributed by atoms with Gasteiger partial charge in [0.05, 0.1) is 28.6 Å². The van der Waals surface area contributed by atoms with Crippen molar-refractivity contribution in [1.82, 2.24) is 15.3 Å². The van der Waals surface area contributed by atoms with Gasteiger partial charge in [-0.05, 0) is 36.8 Å². The average Bonchev–Trinajstić information content (AvgIpc) is 3.08. The highest BCUT2D eigenvalue weighted by atomic mass is 16.2. The maximum Gasteiger partial charge on any atom is 0.254 e. The molecule has 1 atom stereocenters. The van der Waals surface area contributed by atoms with Crippen LogP contribution in [0.5, 0.6) is 0 Å². The third kappa shape index (κ3) is 3.50. The van der Waals surface area contributed by atoms with Crippen LogP contribution in [0, 0.1) is 0 Å². The first-order valence-corrected chi connectivity index (χ1v) is 8.54. The molecule has 1 aliphatic rings. The van der Waals surface area contributed by atoms with Crippen LogP contribution in [0.4, 0.5) is 11.4 Å². The van der Waals surface area contributed by atoms with Gasteiger partial charge in [-0.25, -0.2) is 4.98 Å². The molecule has 3 amide bonds. The Morgan fingerprint density at radius 3 is 2.89 bits per heavy atom. The van der Waals surface area contributed by atoms with E-state index < -0.39 is 6.04 Å². The molecule has 4 N–H and O–H groups in total. The lowest BCUT2D eigenvalue weighted by molar-refractivity contribution is -0.118. The molecule has 1 aromatic heterocycles. The van der Waals surface area contributed by atoms with Gasteiger partial charge in [0.2, 0.25) is 11.8 Å². The monoisotopic (exact) mass is 363 g/mol. The Kier molecular flexibility index (Phi) is 4.29. The lowest BCUT2D eigenvalue weighted by Gasteiger charge is -2.14. The number of hydrogen-bond acceptors (Lipinski definition) is 4. The molecule has 0 aliphatic carbocycles. The van der Waals surface area contributed by atoms with Gasteiger partial charge in [-0.1, -0.05) is 12.1 Å². The first-order chi connectivity index (χ1) is 13.1. The van der Waals surface area contributed by atoms with Crippen molar-refractivity contribution in [2.45, 2.75) is 18.9 Å². The zero-order chi connectivity index (χ0) is 18.8. The van der Waals surface area contributed by atoms with Gasteiger partial charge < -0.3 is 20.9 Å². The molecule has 8 nitrogen and oxygen atoms in total. The van der Waals surface area contributed by atoms with Crippen LogP contribution in [0.25, 0.3) is 11.0 Å². The van der Waals surface area contributed by atoms with Crippen LogP contribution in [-0.4, -0.2) is 33.7 Å². The Labute approximate surface area is 154 Å². The number of aromatic nitrogens is 2. The van der Waals surface area contributed by atoms with Gasteiger partial charge >= 0.3 is 0 Å². The number of hydrogen-bond donors (Lipinski definition) is 4. The van der Waals surface area contributed by atoms with Gasteiger partial charge in [0, 0.05) is 12.1 Å². The van der Waals surface area contributed by atoms with Crippen LogP contribution in [0.15, 0.2) is 48.8 Å². The summed E-state index contributed by atoms with van der Waals surface area (Å²) in [6.07, 6.45) is 1.88. The molecule has 2 aromatic carbocycles. The van der Waals surface area contributed by atoms with Crippen molar-refractivity contribution >= 4 is 40.1 Å². The van der Waals surface area contributed by atoms with E-state index in [1.165, 1.54) is 0 Å². The number of anilines is 2. The van der Waals surface area contributed by atoms with Crippen molar-refractivity contribution in [2.24, 2.45) is 0 Å². The second-order valence-electron chi connectivity index (χ2n) is 6.28.